The maximum Gasteiger partial charge on any atom is 0.127 e. The molecular formula is C17H24O3. The minimum absolute atomic E-state index is 0.124. The van der Waals surface area contributed by atoms with Crippen LogP contribution < -0.4 is 9.47 Å². The van der Waals surface area contributed by atoms with Crippen LogP contribution in [0.5, 0.6) is 11.5 Å². The topological polar surface area (TPSA) is 35.5 Å². The molecule has 1 aliphatic rings. The number of fused-ring (bicyclic) bond motifs is 1. The third-order valence-electron chi connectivity index (χ3n) is 4.23. The molecule has 0 fully saturated rings. The molecule has 110 valence electrons. The number of benzene rings is 1. The quantitative estimate of drug-likeness (QED) is 0.789. The van der Waals surface area contributed by atoms with E-state index >= 15 is 0 Å². The van der Waals surface area contributed by atoms with E-state index in [9.17, 15) is 4.79 Å². The molecule has 0 unspecified atom stereocenters. The monoisotopic (exact) mass is 276 g/mol. The van der Waals surface area contributed by atoms with Crippen molar-refractivity contribution in [3.63, 3.8) is 0 Å². The largest absolute Gasteiger partial charge is 0.496 e. The maximum atomic E-state index is 10.7. The Morgan fingerprint density at radius 2 is 2.00 bits per heavy atom. The first-order chi connectivity index (χ1) is 9.41. The molecule has 0 spiro atoms. The lowest BCUT2D eigenvalue weighted by Gasteiger charge is -2.36. The Hall–Kier alpha value is -1.51. The number of ether oxygens (including phenoxy) is 2. The van der Waals surface area contributed by atoms with Crippen LogP contribution in [0.25, 0.3) is 0 Å². The molecule has 1 aliphatic heterocycles. The predicted molar refractivity (Wildman–Crippen MR) is 79.9 cm³/mol. The summed E-state index contributed by atoms with van der Waals surface area (Å²) < 4.78 is 11.8. The highest BCUT2D eigenvalue weighted by molar-refractivity contribution is 5.61. The van der Waals surface area contributed by atoms with Crippen molar-refractivity contribution in [3.05, 3.63) is 22.3 Å². The molecular weight excluding hydrogens is 252 g/mol. The summed E-state index contributed by atoms with van der Waals surface area (Å²) in [6, 6.07) is 0. The predicted octanol–water partition coefficient (Wildman–Crippen LogP) is 3.55. The number of hydrogen-bond donors (Lipinski definition) is 0. The molecule has 0 radical (unpaired) electrons. The Morgan fingerprint density at radius 1 is 1.30 bits per heavy atom. The van der Waals surface area contributed by atoms with E-state index in [0.717, 1.165) is 53.7 Å². The zero-order valence-corrected chi connectivity index (χ0v) is 13.1. The lowest BCUT2D eigenvalue weighted by molar-refractivity contribution is -0.107. The van der Waals surface area contributed by atoms with Gasteiger partial charge in [-0.1, -0.05) is 0 Å². The van der Waals surface area contributed by atoms with E-state index in [1.165, 1.54) is 5.56 Å². The van der Waals surface area contributed by atoms with Crippen LogP contribution in [0.1, 0.15) is 48.9 Å². The van der Waals surface area contributed by atoms with Crippen LogP contribution in [0, 0.1) is 13.8 Å². The molecule has 0 bridgehead atoms. The third kappa shape index (κ3) is 2.54. The molecule has 1 heterocycles. The van der Waals surface area contributed by atoms with Gasteiger partial charge in [0, 0.05) is 17.5 Å². The summed E-state index contributed by atoms with van der Waals surface area (Å²) in [4.78, 5) is 10.7. The molecule has 0 N–H and O–H groups in total. The summed E-state index contributed by atoms with van der Waals surface area (Å²) in [6.07, 6.45) is 4.18. The van der Waals surface area contributed by atoms with Crippen LogP contribution in [-0.2, 0) is 17.6 Å². The molecule has 0 amide bonds. The number of carbonyl (C=O) groups excluding carboxylic acids is 1. The van der Waals surface area contributed by atoms with Gasteiger partial charge in [-0.15, -0.1) is 0 Å². The zero-order chi connectivity index (χ0) is 14.9. The third-order valence-corrected chi connectivity index (χ3v) is 4.23. The van der Waals surface area contributed by atoms with Crippen molar-refractivity contribution in [3.8, 4) is 11.5 Å². The Bertz CT molecular complexity index is 530. The summed E-state index contributed by atoms with van der Waals surface area (Å²) in [6.45, 7) is 8.39. The SMILES string of the molecule is COc1c(C)c(C)c2c(c1CCC=O)CCC(C)(C)O2. The van der Waals surface area contributed by atoms with Gasteiger partial charge < -0.3 is 14.3 Å². The molecule has 1 aromatic carbocycles. The normalized spacial score (nSPS) is 16.2. The lowest BCUT2D eigenvalue weighted by Crippen LogP contribution is -2.33. The van der Waals surface area contributed by atoms with Gasteiger partial charge in [-0.25, -0.2) is 0 Å². The first kappa shape index (κ1) is 14.9. The van der Waals surface area contributed by atoms with Crippen molar-refractivity contribution < 1.29 is 14.3 Å². The first-order valence-electron chi connectivity index (χ1n) is 7.23. The van der Waals surface area contributed by atoms with E-state index in [1.54, 1.807) is 7.11 Å². The number of methoxy groups -OCH3 is 1. The van der Waals surface area contributed by atoms with Crippen LogP contribution in [0.4, 0.5) is 0 Å². The highest BCUT2D eigenvalue weighted by Gasteiger charge is 2.31. The van der Waals surface area contributed by atoms with Crippen molar-refractivity contribution in [2.75, 3.05) is 7.11 Å². The summed E-state index contributed by atoms with van der Waals surface area (Å²) in [7, 11) is 1.70. The Labute approximate surface area is 121 Å². The van der Waals surface area contributed by atoms with E-state index < -0.39 is 0 Å². The minimum Gasteiger partial charge on any atom is -0.496 e. The van der Waals surface area contributed by atoms with Crippen LogP contribution >= 0.6 is 0 Å². The van der Waals surface area contributed by atoms with Gasteiger partial charge >= 0.3 is 0 Å². The second-order valence-corrected chi connectivity index (χ2v) is 6.14. The highest BCUT2D eigenvalue weighted by Crippen LogP contribution is 2.44. The van der Waals surface area contributed by atoms with Gasteiger partial charge in [-0.3, -0.25) is 0 Å². The number of hydrogen-bond acceptors (Lipinski definition) is 3. The van der Waals surface area contributed by atoms with Gasteiger partial charge in [0.1, 0.15) is 23.4 Å². The van der Waals surface area contributed by atoms with Crippen molar-refractivity contribution in [1.29, 1.82) is 0 Å². The molecule has 0 aromatic heterocycles. The Balaban J connectivity index is 2.60. The number of aldehydes is 1. The fourth-order valence-corrected chi connectivity index (χ4v) is 2.97. The van der Waals surface area contributed by atoms with Crippen LogP contribution in [0.2, 0.25) is 0 Å². The van der Waals surface area contributed by atoms with E-state index in [4.69, 9.17) is 9.47 Å². The van der Waals surface area contributed by atoms with Crippen molar-refractivity contribution >= 4 is 6.29 Å². The fraction of sp³-hybridized carbons (Fsp3) is 0.588. The van der Waals surface area contributed by atoms with Gasteiger partial charge in [0.05, 0.1) is 7.11 Å². The second-order valence-electron chi connectivity index (χ2n) is 6.14. The van der Waals surface area contributed by atoms with Crippen molar-refractivity contribution in [1.82, 2.24) is 0 Å². The molecule has 1 aromatic rings. The molecule has 0 saturated carbocycles. The average molecular weight is 276 g/mol. The van der Waals surface area contributed by atoms with E-state index in [1.807, 2.05) is 0 Å². The standard InChI is InChI=1S/C17H24O3/c1-11-12(2)16-14(8-9-17(3,4)20-16)13(7-6-10-18)15(11)19-5/h10H,6-9H2,1-5H3. The molecule has 3 heteroatoms. The minimum atomic E-state index is -0.124. The van der Waals surface area contributed by atoms with Crippen LogP contribution in [0.15, 0.2) is 0 Å². The van der Waals surface area contributed by atoms with E-state index in [-0.39, 0.29) is 5.60 Å². The van der Waals surface area contributed by atoms with Gasteiger partial charge in [0.2, 0.25) is 0 Å². The van der Waals surface area contributed by atoms with Crippen molar-refractivity contribution in [2.24, 2.45) is 0 Å². The van der Waals surface area contributed by atoms with Gasteiger partial charge in [-0.05, 0) is 58.1 Å². The molecule has 0 atom stereocenters. The van der Waals surface area contributed by atoms with Crippen LogP contribution in [0.3, 0.4) is 0 Å². The first-order valence-corrected chi connectivity index (χ1v) is 7.23. The van der Waals surface area contributed by atoms with Crippen LogP contribution in [-0.4, -0.2) is 19.0 Å². The summed E-state index contributed by atoms with van der Waals surface area (Å²) in [5, 5.41) is 0. The van der Waals surface area contributed by atoms with E-state index in [2.05, 4.69) is 27.7 Å². The number of carbonyl (C=O) groups is 1. The van der Waals surface area contributed by atoms with Gasteiger partial charge in [-0.2, -0.15) is 0 Å². The molecule has 0 saturated heterocycles. The highest BCUT2D eigenvalue weighted by atomic mass is 16.5. The Kier molecular flexibility index (Phi) is 4.07. The summed E-state index contributed by atoms with van der Waals surface area (Å²) >= 11 is 0. The van der Waals surface area contributed by atoms with E-state index in [0.29, 0.717) is 6.42 Å². The zero-order valence-electron chi connectivity index (χ0n) is 13.1. The van der Waals surface area contributed by atoms with Gasteiger partial charge in [0.25, 0.3) is 0 Å². The smallest absolute Gasteiger partial charge is 0.127 e. The maximum absolute atomic E-state index is 10.7. The van der Waals surface area contributed by atoms with Gasteiger partial charge in [0.15, 0.2) is 0 Å². The Morgan fingerprint density at radius 3 is 2.60 bits per heavy atom. The average Bonchev–Trinajstić information content (AvgIpc) is 2.40. The van der Waals surface area contributed by atoms with Crippen molar-refractivity contribution in [2.45, 2.75) is 59.0 Å². The molecule has 2 rings (SSSR count). The summed E-state index contributed by atoms with van der Waals surface area (Å²) in [5.41, 5.74) is 4.52. The molecule has 3 nitrogen and oxygen atoms in total. The summed E-state index contributed by atoms with van der Waals surface area (Å²) in [5.74, 6) is 1.92. The number of rotatable bonds is 4. The molecule has 0 aliphatic carbocycles. The fourth-order valence-electron chi connectivity index (χ4n) is 2.97. The lowest BCUT2D eigenvalue weighted by atomic mass is 9.86. The molecule has 20 heavy (non-hydrogen) atoms. The second kappa shape index (κ2) is 5.47.